The maximum absolute atomic E-state index is 11.8. The summed E-state index contributed by atoms with van der Waals surface area (Å²) in [5, 5.41) is 10.00. The standard InChI is InChI=1S/C16H24O5/c1-5-6-7-8-9-21-16-14(11(2)17)12(18)10-13(19-3)15(16)20-4/h10,18H,5-9H2,1-4H3. The van der Waals surface area contributed by atoms with Gasteiger partial charge in [-0.2, -0.15) is 0 Å². The van der Waals surface area contributed by atoms with Gasteiger partial charge in [0.2, 0.25) is 5.75 Å². The lowest BCUT2D eigenvalue weighted by Gasteiger charge is -2.17. The number of rotatable bonds is 9. The normalized spacial score (nSPS) is 10.3. The molecule has 0 aliphatic rings. The first-order valence-electron chi connectivity index (χ1n) is 7.18. The van der Waals surface area contributed by atoms with E-state index >= 15 is 0 Å². The molecule has 5 heteroatoms. The molecule has 0 radical (unpaired) electrons. The number of hydrogen-bond acceptors (Lipinski definition) is 5. The van der Waals surface area contributed by atoms with Crippen LogP contribution < -0.4 is 14.2 Å². The summed E-state index contributed by atoms with van der Waals surface area (Å²) >= 11 is 0. The molecule has 0 bridgehead atoms. The number of aromatic hydroxyl groups is 1. The zero-order valence-electron chi connectivity index (χ0n) is 13.2. The number of phenols is 1. The van der Waals surface area contributed by atoms with Crippen molar-refractivity contribution in [3.63, 3.8) is 0 Å². The molecule has 0 aliphatic heterocycles. The lowest BCUT2D eigenvalue weighted by Crippen LogP contribution is -2.06. The summed E-state index contributed by atoms with van der Waals surface area (Å²) < 4.78 is 16.1. The maximum Gasteiger partial charge on any atom is 0.204 e. The highest BCUT2D eigenvalue weighted by atomic mass is 16.5. The second kappa shape index (κ2) is 8.39. The van der Waals surface area contributed by atoms with E-state index in [9.17, 15) is 9.90 Å². The first-order chi connectivity index (χ1) is 10.1. The van der Waals surface area contributed by atoms with Crippen molar-refractivity contribution in [2.75, 3.05) is 20.8 Å². The molecule has 0 saturated heterocycles. The van der Waals surface area contributed by atoms with Crippen LogP contribution in [0.5, 0.6) is 23.0 Å². The van der Waals surface area contributed by atoms with Crippen molar-refractivity contribution < 1.29 is 24.1 Å². The fourth-order valence-electron chi connectivity index (χ4n) is 2.13. The fourth-order valence-corrected chi connectivity index (χ4v) is 2.13. The van der Waals surface area contributed by atoms with Crippen LogP contribution in [0.1, 0.15) is 49.9 Å². The average molecular weight is 296 g/mol. The topological polar surface area (TPSA) is 65.0 Å². The van der Waals surface area contributed by atoms with Crippen molar-refractivity contribution in [3.05, 3.63) is 11.6 Å². The molecule has 0 amide bonds. The lowest BCUT2D eigenvalue weighted by molar-refractivity contribution is 0.101. The van der Waals surface area contributed by atoms with Crippen molar-refractivity contribution in [1.29, 1.82) is 0 Å². The molecule has 118 valence electrons. The number of benzene rings is 1. The molecule has 0 unspecified atom stereocenters. The summed E-state index contributed by atoms with van der Waals surface area (Å²) in [7, 11) is 2.94. The molecular weight excluding hydrogens is 272 g/mol. The molecule has 0 aromatic heterocycles. The minimum Gasteiger partial charge on any atom is -0.507 e. The second-order valence-corrected chi connectivity index (χ2v) is 4.80. The highest BCUT2D eigenvalue weighted by Gasteiger charge is 2.23. The Labute approximate surface area is 125 Å². The molecule has 0 atom stereocenters. The number of phenolic OH excluding ortho intramolecular Hbond substituents is 1. The predicted molar refractivity (Wildman–Crippen MR) is 80.9 cm³/mol. The molecule has 21 heavy (non-hydrogen) atoms. The summed E-state index contributed by atoms with van der Waals surface area (Å²) in [6.45, 7) is 3.98. The van der Waals surface area contributed by atoms with Crippen molar-refractivity contribution in [1.82, 2.24) is 0 Å². The summed E-state index contributed by atoms with van der Waals surface area (Å²) in [6.07, 6.45) is 4.22. The van der Waals surface area contributed by atoms with Crippen molar-refractivity contribution >= 4 is 5.78 Å². The van der Waals surface area contributed by atoms with E-state index in [-0.39, 0.29) is 22.8 Å². The number of carbonyl (C=O) groups is 1. The van der Waals surface area contributed by atoms with E-state index in [1.165, 1.54) is 27.2 Å². The van der Waals surface area contributed by atoms with Gasteiger partial charge in [0, 0.05) is 6.07 Å². The van der Waals surface area contributed by atoms with Gasteiger partial charge >= 0.3 is 0 Å². The van der Waals surface area contributed by atoms with E-state index in [4.69, 9.17) is 14.2 Å². The molecule has 1 N–H and O–H groups in total. The fraction of sp³-hybridized carbons (Fsp3) is 0.562. The third kappa shape index (κ3) is 4.28. The second-order valence-electron chi connectivity index (χ2n) is 4.80. The summed E-state index contributed by atoms with van der Waals surface area (Å²) in [6, 6.07) is 1.36. The number of carbonyl (C=O) groups excluding carboxylic acids is 1. The van der Waals surface area contributed by atoms with Crippen LogP contribution in [0.15, 0.2) is 6.07 Å². The van der Waals surface area contributed by atoms with Crippen LogP contribution in [0.25, 0.3) is 0 Å². The van der Waals surface area contributed by atoms with E-state index in [0.29, 0.717) is 18.1 Å². The van der Waals surface area contributed by atoms with Gasteiger partial charge in [0.05, 0.1) is 20.8 Å². The molecule has 0 saturated carbocycles. The molecular formula is C16H24O5. The van der Waals surface area contributed by atoms with E-state index in [2.05, 4.69) is 6.92 Å². The van der Waals surface area contributed by atoms with Gasteiger partial charge in [-0.3, -0.25) is 4.79 Å². The highest BCUT2D eigenvalue weighted by molar-refractivity contribution is 6.01. The Kier molecular flexibility index (Phi) is 6.85. The van der Waals surface area contributed by atoms with Gasteiger partial charge < -0.3 is 19.3 Å². The van der Waals surface area contributed by atoms with Gasteiger partial charge in [-0.15, -0.1) is 0 Å². The van der Waals surface area contributed by atoms with Gasteiger partial charge in [0.15, 0.2) is 17.3 Å². The van der Waals surface area contributed by atoms with Gasteiger partial charge in [-0.1, -0.05) is 26.2 Å². The Balaban J connectivity index is 3.06. The van der Waals surface area contributed by atoms with Gasteiger partial charge in [-0.05, 0) is 13.3 Å². The third-order valence-corrected chi connectivity index (χ3v) is 3.20. The van der Waals surface area contributed by atoms with Crippen LogP contribution in [0, 0.1) is 0 Å². The van der Waals surface area contributed by atoms with Crippen LogP contribution in [0.4, 0.5) is 0 Å². The largest absolute Gasteiger partial charge is 0.507 e. The molecule has 1 aromatic carbocycles. The summed E-state index contributed by atoms with van der Waals surface area (Å²) in [4.78, 5) is 11.8. The number of ketones is 1. The van der Waals surface area contributed by atoms with Gasteiger partial charge in [0.25, 0.3) is 0 Å². The quantitative estimate of drug-likeness (QED) is 0.557. The molecule has 0 heterocycles. The minimum atomic E-state index is -0.281. The average Bonchev–Trinajstić information content (AvgIpc) is 2.45. The van der Waals surface area contributed by atoms with Crippen LogP contribution in [-0.4, -0.2) is 31.7 Å². The lowest BCUT2D eigenvalue weighted by atomic mass is 10.1. The molecule has 0 spiro atoms. The minimum absolute atomic E-state index is 0.128. The first kappa shape index (κ1) is 17.1. The zero-order chi connectivity index (χ0) is 15.8. The van der Waals surface area contributed by atoms with Gasteiger partial charge in [-0.25, -0.2) is 0 Å². The maximum atomic E-state index is 11.8. The highest BCUT2D eigenvalue weighted by Crippen LogP contribution is 2.45. The van der Waals surface area contributed by atoms with Crippen LogP contribution in [-0.2, 0) is 0 Å². The summed E-state index contributed by atoms with van der Waals surface area (Å²) in [5.74, 6) is 0.471. The van der Waals surface area contributed by atoms with Crippen molar-refractivity contribution in [3.8, 4) is 23.0 Å². The molecule has 0 aliphatic carbocycles. The zero-order valence-corrected chi connectivity index (χ0v) is 13.2. The molecule has 1 aromatic rings. The number of ether oxygens (including phenoxy) is 3. The Hall–Kier alpha value is -1.91. The molecule has 0 fully saturated rings. The van der Waals surface area contributed by atoms with Crippen LogP contribution in [0.2, 0.25) is 0 Å². The Morgan fingerprint density at radius 1 is 1.14 bits per heavy atom. The van der Waals surface area contributed by atoms with Crippen molar-refractivity contribution in [2.24, 2.45) is 0 Å². The van der Waals surface area contributed by atoms with Crippen LogP contribution in [0.3, 0.4) is 0 Å². The number of Topliss-reactive ketones (excluding diaryl/α,β-unsaturated/α-hetero) is 1. The Bertz CT molecular complexity index is 482. The Morgan fingerprint density at radius 3 is 2.38 bits per heavy atom. The molecule has 5 nitrogen and oxygen atoms in total. The number of unbranched alkanes of at least 4 members (excludes halogenated alkanes) is 3. The van der Waals surface area contributed by atoms with E-state index in [0.717, 1.165) is 25.7 Å². The SMILES string of the molecule is CCCCCCOc1c(OC)c(OC)cc(O)c1C(C)=O. The Morgan fingerprint density at radius 2 is 1.86 bits per heavy atom. The smallest absolute Gasteiger partial charge is 0.204 e. The number of hydrogen-bond donors (Lipinski definition) is 1. The van der Waals surface area contributed by atoms with Gasteiger partial charge in [0.1, 0.15) is 11.3 Å². The summed E-state index contributed by atoms with van der Waals surface area (Å²) in [5.41, 5.74) is 0.128. The monoisotopic (exact) mass is 296 g/mol. The van der Waals surface area contributed by atoms with E-state index < -0.39 is 0 Å². The van der Waals surface area contributed by atoms with E-state index in [1.54, 1.807) is 0 Å². The van der Waals surface area contributed by atoms with Crippen molar-refractivity contribution in [2.45, 2.75) is 39.5 Å². The molecule has 1 rings (SSSR count). The third-order valence-electron chi connectivity index (χ3n) is 3.20. The predicted octanol–water partition coefficient (Wildman–Crippen LogP) is 3.57. The number of methoxy groups -OCH3 is 2. The van der Waals surface area contributed by atoms with E-state index in [1.807, 2.05) is 0 Å². The van der Waals surface area contributed by atoms with Crippen LogP contribution >= 0.6 is 0 Å². The first-order valence-corrected chi connectivity index (χ1v) is 7.18.